The molecule has 4 nitrogen and oxygen atoms in total. The standard InChI is InChI=1S/C10H12N2O2S/c11-7-1-2-8-15-10-5-3-9(4-6-10)12(13)14/h1-6H,7-8,11H2. The summed E-state index contributed by atoms with van der Waals surface area (Å²) in [7, 11) is 0. The van der Waals surface area contributed by atoms with Gasteiger partial charge in [-0.05, 0) is 12.1 Å². The summed E-state index contributed by atoms with van der Waals surface area (Å²) in [4.78, 5) is 11.0. The fourth-order valence-electron chi connectivity index (χ4n) is 0.973. The Balaban J connectivity index is 2.50. The second kappa shape index (κ2) is 6.21. The predicted molar refractivity (Wildman–Crippen MR) is 62.0 cm³/mol. The highest BCUT2D eigenvalue weighted by Gasteiger charge is 2.03. The molecule has 5 heteroatoms. The largest absolute Gasteiger partial charge is 0.327 e. The number of thioether (sulfide) groups is 1. The Morgan fingerprint density at radius 3 is 2.53 bits per heavy atom. The predicted octanol–water partition coefficient (Wildman–Crippen LogP) is 2.20. The van der Waals surface area contributed by atoms with Crippen LogP contribution in [0.3, 0.4) is 0 Å². The van der Waals surface area contributed by atoms with Gasteiger partial charge in [-0.3, -0.25) is 10.1 Å². The van der Waals surface area contributed by atoms with E-state index in [1.165, 1.54) is 12.1 Å². The monoisotopic (exact) mass is 224 g/mol. The molecule has 0 unspecified atom stereocenters. The van der Waals surface area contributed by atoms with Crippen LogP contribution in [0.15, 0.2) is 41.3 Å². The van der Waals surface area contributed by atoms with Crippen LogP contribution in [0.4, 0.5) is 5.69 Å². The van der Waals surface area contributed by atoms with Gasteiger partial charge in [0.2, 0.25) is 0 Å². The van der Waals surface area contributed by atoms with Gasteiger partial charge in [-0.2, -0.15) is 0 Å². The van der Waals surface area contributed by atoms with E-state index >= 15 is 0 Å². The number of nitro benzene ring substituents is 1. The minimum atomic E-state index is -0.400. The first-order valence-corrected chi connectivity index (χ1v) is 5.45. The molecule has 15 heavy (non-hydrogen) atoms. The highest BCUT2D eigenvalue weighted by Crippen LogP contribution is 2.21. The molecule has 0 saturated heterocycles. The maximum atomic E-state index is 10.4. The summed E-state index contributed by atoms with van der Waals surface area (Å²) in [6, 6.07) is 6.52. The van der Waals surface area contributed by atoms with Crippen molar-refractivity contribution in [2.45, 2.75) is 4.90 Å². The van der Waals surface area contributed by atoms with E-state index in [1.807, 2.05) is 12.2 Å². The molecule has 0 amide bonds. The molecule has 0 radical (unpaired) electrons. The van der Waals surface area contributed by atoms with Crippen LogP contribution < -0.4 is 5.73 Å². The minimum Gasteiger partial charge on any atom is -0.327 e. The van der Waals surface area contributed by atoms with Gasteiger partial charge in [0, 0.05) is 29.3 Å². The molecule has 1 aromatic rings. The van der Waals surface area contributed by atoms with E-state index in [9.17, 15) is 10.1 Å². The topological polar surface area (TPSA) is 69.2 Å². The van der Waals surface area contributed by atoms with Gasteiger partial charge < -0.3 is 5.73 Å². The van der Waals surface area contributed by atoms with E-state index in [-0.39, 0.29) is 5.69 Å². The van der Waals surface area contributed by atoms with Crippen molar-refractivity contribution in [3.05, 3.63) is 46.5 Å². The average Bonchev–Trinajstić information content (AvgIpc) is 2.25. The number of nitrogens with zero attached hydrogens (tertiary/aromatic N) is 1. The van der Waals surface area contributed by atoms with Gasteiger partial charge in [-0.1, -0.05) is 12.2 Å². The normalized spacial score (nSPS) is 10.7. The number of nitrogens with two attached hydrogens (primary N) is 1. The van der Waals surface area contributed by atoms with Crippen LogP contribution in [0, 0.1) is 10.1 Å². The summed E-state index contributed by atoms with van der Waals surface area (Å²) < 4.78 is 0. The zero-order valence-corrected chi connectivity index (χ0v) is 8.94. The Hall–Kier alpha value is -1.33. The second-order valence-electron chi connectivity index (χ2n) is 2.77. The van der Waals surface area contributed by atoms with Crippen molar-refractivity contribution in [1.82, 2.24) is 0 Å². The van der Waals surface area contributed by atoms with Crippen LogP contribution >= 0.6 is 11.8 Å². The molecule has 2 N–H and O–H groups in total. The molecular formula is C10H12N2O2S. The van der Waals surface area contributed by atoms with Gasteiger partial charge in [0.15, 0.2) is 0 Å². The molecule has 0 spiro atoms. The van der Waals surface area contributed by atoms with Crippen molar-refractivity contribution in [2.75, 3.05) is 12.3 Å². The Bertz CT molecular complexity index is 349. The van der Waals surface area contributed by atoms with Crippen molar-refractivity contribution in [2.24, 2.45) is 5.73 Å². The number of nitro groups is 1. The van der Waals surface area contributed by atoms with Gasteiger partial charge in [-0.15, -0.1) is 11.8 Å². The first-order chi connectivity index (χ1) is 7.24. The molecular weight excluding hydrogens is 212 g/mol. The lowest BCUT2D eigenvalue weighted by Gasteiger charge is -1.97. The first kappa shape index (κ1) is 11.7. The van der Waals surface area contributed by atoms with Crippen molar-refractivity contribution >= 4 is 17.4 Å². The summed E-state index contributed by atoms with van der Waals surface area (Å²) in [5.41, 5.74) is 5.41. The van der Waals surface area contributed by atoms with Gasteiger partial charge in [0.1, 0.15) is 0 Å². The number of hydrogen-bond donors (Lipinski definition) is 1. The molecule has 0 heterocycles. The van der Waals surface area contributed by atoms with E-state index < -0.39 is 4.92 Å². The van der Waals surface area contributed by atoms with Crippen molar-refractivity contribution in [1.29, 1.82) is 0 Å². The van der Waals surface area contributed by atoms with Gasteiger partial charge in [-0.25, -0.2) is 0 Å². The molecule has 0 atom stereocenters. The smallest absolute Gasteiger partial charge is 0.269 e. The summed E-state index contributed by atoms with van der Waals surface area (Å²) >= 11 is 1.62. The zero-order chi connectivity index (χ0) is 11.1. The maximum absolute atomic E-state index is 10.4. The van der Waals surface area contributed by atoms with Gasteiger partial charge >= 0.3 is 0 Å². The van der Waals surface area contributed by atoms with Gasteiger partial charge in [0.05, 0.1) is 4.92 Å². The number of rotatable bonds is 5. The van der Waals surface area contributed by atoms with E-state index in [1.54, 1.807) is 23.9 Å². The average molecular weight is 224 g/mol. The fraction of sp³-hybridized carbons (Fsp3) is 0.200. The van der Waals surface area contributed by atoms with E-state index in [2.05, 4.69) is 0 Å². The van der Waals surface area contributed by atoms with Crippen LogP contribution in [0.2, 0.25) is 0 Å². The highest BCUT2D eigenvalue weighted by molar-refractivity contribution is 7.99. The molecule has 1 aromatic carbocycles. The van der Waals surface area contributed by atoms with Crippen LogP contribution in [0.5, 0.6) is 0 Å². The molecule has 0 fully saturated rings. The third kappa shape index (κ3) is 4.14. The SMILES string of the molecule is NCC=CCSc1ccc([N+](=O)[O-])cc1. The third-order valence-corrected chi connectivity index (χ3v) is 2.66. The molecule has 0 aliphatic carbocycles. The molecule has 0 aliphatic heterocycles. The van der Waals surface area contributed by atoms with E-state index in [4.69, 9.17) is 5.73 Å². The lowest BCUT2D eigenvalue weighted by atomic mass is 10.3. The van der Waals surface area contributed by atoms with Crippen molar-refractivity contribution in [3.8, 4) is 0 Å². The summed E-state index contributed by atoms with van der Waals surface area (Å²) in [6.07, 6.45) is 3.87. The molecule has 0 saturated carbocycles. The third-order valence-electron chi connectivity index (χ3n) is 1.70. The Morgan fingerprint density at radius 1 is 1.33 bits per heavy atom. The van der Waals surface area contributed by atoms with Crippen LogP contribution in [0.25, 0.3) is 0 Å². The highest BCUT2D eigenvalue weighted by atomic mass is 32.2. The van der Waals surface area contributed by atoms with Crippen molar-refractivity contribution in [3.63, 3.8) is 0 Å². The molecule has 80 valence electrons. The molecule has 1 rings (SSSR count). The maximum Gasteiger partial charge on any atom is 0.269 e. The number of benzene rings is 1. The quantitative estimate of drug-likeness (QED) is 0.360. The Labute approximate surface area is 92.3 Å². The molecule has 0 bridgehead atoms. The summed E-state index contributed by atoms with van der Waals surface area (Å²) in [5.74, 6) is 0.828. The minimum absolute atomic E-state index is 0.122. The van der Waals surface area contributed by atoms with E-state index in [0.29, 0.717) is 6.54 Å². The number of non-ortho nitro benzene ring substituents is 1. The second-order valence-corrected chi connectivity index (χ2v) is 3.86. The Kier molecular flexibility index (Phi) is 4.86. The van der Waals surface area contributed by atoms with Gasteiger partial charge in [0.25, 0.3) is 5.69 Å². The lowest BCUT2D eigenvalue weighted by molar-refractivity contribution is -0.384. The summed E-state index contributed by atoms with van der Waals surface area (Å²) in [5, 5.41) is 10.4. The molecule has 0 aromatic heterocycles. The van der Waals surface area contributed by atoms with E-state index in [0.717, 1.165) is 10.6 Å². The molecule has 0 aliphatic rings. The Morgan fingerprint density at radius 2 is 2.00 bits per heavy atom. The lowest BCUT2D eigenvalue weighted by Crippen LogP contribution is -1.92. The fourth-order valence-corrected chi connectivity index (χ4v) is 1.73. The van der Waals surface area contributed by atoms with Crippen molar-refractivity contribution < 1.29 is 4.92 Å². The van der Waals surface area contributed by atoms with Crippen LogP contribution in [-0.4, -0.2) is 17.2 Å². The van der Waals surface area contributed by atoms with Crippen LogP contribution in [-0.2, 0) is 0 Å². The zero-order valence-electron chi connectivity index (χ0n) is 8.13. The summed E-state index contributed by atoms with van der Waals surface area (Å²) in [6.45, 7) is 0.542. The first-order valence-electron chi connectivity index (χ1n) is 4.46. The number of hydrogen-bond acceptors (Lipinski definition) is 4. The van der Waals surface area contributed by atoms with Crippen LogP contribution in [0.1, 0.15) is 0 Å².